The Balaban J connectivity index is 2.04. The van der Waals surface area contributed by atoms with Crippen molar-refractivity contribution in [2.45, 2.75) is 38.3 Å². The van der Waals surface area contributed by atoms with E-state index in [-0.39, 0.29) is 37.9 Å². The number of rotatable bonds is 3. The molecule has 0 radical (unpaired) electrons. The molecule has 0 bridgehead atoms. The standard InChI is InChI=1S/C10H18N4O4S/c1-7(2)13-19(17,18)14-5-3-10(4-6-14)8(15)11-9(16)12-10/h7,13H,3-6H2,1-2H3,(H2,11,12,15,16). The van der Waals surface area contributed by atoms with Crippen LogP contribution in [0.25, 0.3) is 0 Å². The van der Waals surface area contributed by atoms with Crippen molar-refractivity contribution in [1.29, 1.82) is 0 Å². The minimum atomic E-state index is -3.52. The molecule has 9 heteroatoms. The molecule has 2 saturated heterocycles. The van der Waals surface area contributed by atoms with Crippen molar-refractivity contribution in [1.82, 2.24) is 19.7 Å². The first-order chi connectivity index (χ1) is 8.75. The van der Waals surface area contributed by atoms with Crippen LogP contribution < -0.4 is 15.4 Å². The number of urea groups is 1. The number of nitrogens with one attached hydrogen (secondary N) is 3. The fourth-order valence-corrected chi connectivity index (χ4v) is 3.77. The molecular formula is C10H18N4O4S. The van der Waals surface area contributed by atoms with Gasteiger partial charge in [-0.25, -0.2) is 4.79 Å². The fourth-order valence-electron chi connectivity index (χ4n) is 2.36. The Bertz CT molecular complexity index is 494. The Morgan fingerprint density at radius 3 is 2.26 bits per heavy atom. The van der Waals surface area contributed by atoms with E-state index in [4.69, 9.17) is 0 Å². The van der Waals surface area contributed by atoms with E-state index in [9.17, 15) is 18.0 Å². The van der Waals surface area contributed by atoms with Crippen molar-refractivity contribution in [3.05, 3.63) is 0 Å². The van der Waals surface area contributed by atoms with Gasteiger partial charge < -0.3 is 5.32 Å². The van der Waals surface area contributed by atoms with Crippen molar-refractivity contribution >= 4 is 22.1 Å². The number of nitrogens with zero attached hydrogens (tertiary/aromatic N) is 1. The second kappa shape index (κ2) is 4.73. The summed E-state index contributed by atoms with van der Waals surface area (Å²) >= 11 is 0. The summed E-state index contributed by atoms with van der Waals surface area (Å²) in [5.74, 6) is -0.369. The van der Waals surface area contributed by atoms with E-state index in [2.05, 4.69) is 15.4 Å². The molecule has 2 aliphatic rings. The molecule has 3 amide bonds. The first kappa shape index (κ1) is 14.2. The van der Waals surface area contributed by atoms with Crippen LogP contribution >= 0.6 is 0 Å². The highest BCUT2D eigenvalue weighted by Crippen LogP contribution is 2.26. The largest absolute Gasteiger partial charge is 0.323 e. The Hall–Kier alpha value is -1.19. The van der Waals surface area contributed by atoms with Crippen molar-refractivity contribution in [3.63, 3.8) is 0 Å². The van der Waals surface area contributed by atoms with E-state index in [1.165, 1.54) is 4.31 Å². The number of carbonyl (C=O) groups is 2. The molecule has 0 aromatic carbocycles. The van der Waals surface area contributed by atoms with E-state index in [0.717, 1.165) is 0 Å². The molecule has 0 aromatic heterocycles. The number of piperidine rings is 1. The Labute approximate surface area is 112 Å². The topological polar surface area (TPSA) is 108 Å². The van der Waals surface area contributed by atoms with Crippen LogP contribution in [-0.2, 0) is 15.0 Å². The quantitative estimate of drug-likeness (QED) is 0.574. The highest BCUT2D eigenvalue weighted by atomic mass is 32.2. The van der Waals surface area contributed by atoms with Crippen molar-refractivity contribution in [2.75, 3.05) is 13.1 Å². The zero-order chi connectivity index (χ0) is 14.3. The van der Waals surface area contributed by atoms with Crippen LogP contribution in [0.1, 0.15) is 26.7 Å². The molecule has 2 heterocycles. The molecule has 2 fully saturated rings. The fraction of sp³-hybridized carbons (Fsp3) is 0.800. The lowest BCUT2D eigenvalue weighted by Crippen LogP contribution is -2.57. The highest BCUT2D eigenvalue weighted by molar-refractivity contribution is 7.87. The molecule has 1 spiro atoms. The lowest BCUT2D eigenvalue weighted by molar-refractivity contribution is -0.125. The van der Waals surface area contributed by atoms with Gasteiger partial charge in [-0.2, -0.15) is 17.4 Å². The molecule has 0 aromatic rings. The summed E-state index contributed by atoms with van der Waals surface area (Å²) in [6, 6.07) is -0.697. The first-order valence-corrected chi connectivity index (χ1v) is 7.60. The molecule has 0 saturated carbocycles. The highest BCUT2D eigenvalue weighted by Gasteiger charge is 2.49. The summed E-state index contributed by atoms with van der Waals surface area (Å²) in [6.45, 7) is 3.90. The maximum Gasteiger partial charge on any atom is 0.322 e. The SMILES string of the molecule is CC(C)NS(=O)(=O)N1CCC2(CC1)NC(=O)NC2=O. The van der Waals surface area contributed by atoms with Crippen LogP contribution in [0.2, 0.25) is 0 Å². The van der Waals surface area contributed by atoms with Crippen LogP contribution in [0.15, 0.2) is 0 Å². The van der Waals surface area contributed by atoms with Gasteiger partial charge in [0.25, 0.3) is 16.1 Å². The third kappa shape index (κ3) is 2.72. The number of imide groups is 1. The summed E-state index contributed by atoms with van der Waals surface area (Å²) < 4.78 is 27.7. The minimum absolute atomic E-state index is 0.185. The summed E-state index contributed by atoms with van der Waals surface area (Å²) in [5, 5.41) is 4.78. The second-order valence-corrected chi connectivity index (χ2v) is 6.87. The monoisotopic (exact) mass is 290 g/mol. The van der Waals surface area contributed by atoms with Gasteiger partial charge in [0, 0.05) is 19.1 Å². The maximum absolute atomic E-state index is 12.0. The summed E-state index contributed by atoms with van der Waals surface area (Å²) in [7, 11) is -3.52. The molecule has 108 valence electrons. The van der Waals surface area contributed by atoms with Gasteiger partial charge in [0.05, 0.1) is 0 Å². The second-order valence-electron chi connectivity index (χ2n) is 5.17. The zero-order valence-corrected chi connectivity index (χ0v) is 11.7. The summed E-state index contributed by atoms with van der Waals surface area (Å²) in [5.41, 5.74) is -0.944. The maximum atomic E-state index is 12.0. The predicted molar refractivity (Wildman–Crippen MR) is 67.4 cm³/mol. The van der Waals surface area contributed by atoms with Crippen LogP contribution in [0.5, 0.6) is 0 Å². The van der Waals surface area contributed by atoms with Crippen LogP contribution in [0.4, 0.5) is 4.79 Å². The summed E-state index contributed by atoms with van der Waals surface area (Å²) in [6.07, 6.45) is 0.563. The first-order valence-electron chi connectivity index (χ1n) is 6.16. The van der Waals surface area contributed by atoms with Gasteiger partial charge in [0.2, 0.25) is 0 Å². The number of hydrogen-bond acceptors (Lipinski definition) is 4. The predicted octanol–water partition coefficient (Wildman–Crippen LogP) is -1.10. The number of hydrogen-bond donors (Lipinski definition) is 3. The van der Waals surface area contributed by atoms with Gasteiger partial charge in [-0.15, -0.1) is 0 Å². The molecule has 2 rings (SSSR count). The Kier molecular flexibility index (Phi) is 3.54. The van der Waals surface area contributed by atoms with Crippen LogP contribution in [0.3, 0.4) is 0 Å². The molecule has 0 atom stereocenters. The van der Waals surface area contributed by atoms with Crippen molar-refractivity contribution in [2.24, 2.45) is 0 Å². The van der Waals surface area contributed by atoms with E-state index >= 15 is 0 Å². The average molecular weight is 290 g/mol. The molecule has 0 aliphatic carbocycles. The molecule has 3 N–H and O–H groups in total. The molecule has 8 nitrogen and oxygen atoms in total. The van der Waals surface area contributed by atoms with Crippen LogP contribution in [-0.4, -0.2) is 49.3 Å². The van der Waals surface area contributed by atoms with Crippen molar-refractivity contribution in [3.8, 4) is 0 Å². The Morgan fingerprint density at radius 2 is 1.84 bits per heavy atom. The lowest BCUT2D eigenvalue weighted by atomic mass is 9.89. The molecule has 0 unspecified atom stereocenters. The number of carbonyl (C=O) groups excluding carboxylic acids is 2. The van der Waals surface area contributed by atoms with E-state index in [1.807, 2.05) is 0 Å². The third-order valence-electron chi connectivity index (χ3n) is 3.32. The van der Waals surface area contributed by atoms with Crippen LogP contribution in [0, 0.1) is 0 Å². The minimum Gasteiger partial charge on any atom is -0.323 e. The number of amides is 3. The van der Waals surface area contributed by atoms with E-state index in [1.54, 1.807) is 13.8 Å². The van der Waals surface area contributed by atoms with Gasteiger partial charge in [-0.3, -0.25) is 10.1 Å². The van der Waals surface area contributed by atoms with Gasteiger partial charge in [0.15, 0.2) is 0 Å². The third-order valence-corrected chi connectivity index (χ3v) is 5.13. The van der Waals surface area contributed by atoms with Gasteiger partial charge in [0.1, 0.15) is 5.54 Å². The van der Waals surface area contributed by atoms with E-state index in [0.29, 0.717) is 0 Å². The van der Waals surface area contributed by atoms with Gasteiger partial charge in [-0.05, 0) is 26.7 Å². The average Bonchev–Trinajstić information content (AvgIpc) is 2.52. The molecule has 2 aliphatic heterocycles. The molecular weight excluding hydrogens is 272 g/mol. The molecule has 19 heavy (non-hydrogen) atoms. The van der Waals surface area contributed by atoms with Crippen molar-refractivity contribution < 1.29 is 18.0 Å². The van der Waals surface area contributed by atoms with Gasteiger partial charge in [-0.1, -0.05) is 0 Å². The lowest BCUT2D eigenvalue weighted by Gasteiger charge is -2.36. The van der Waals surface area contributed by atoms with E-state index < -0.39 is 21.8 Å². The summed E-state index contributed by atoms with van der Waals surface area (Å²) in [4.78, 5) is 22.9. The zero-order valence-electron chi connectivity index (χ0n) is 10.9. The normalized spacial score (nSPS) is 23.7. The van der Waals surface area contributed by atoms with Gasteiger partial charge >= 0.3 is 6.03 Å². The Morgan fingerprint density at radius 1 is 1.26 bits per heavy atom. The smallest absolute Gasteiger partial charge is 0.322 e.